The summed E-state index contributed by atoms with van der Waals surface area (Å²) in [6.07, 6.45) is 0.823. The van der Waals surface area contributed by atoms with Gasteiger partial charge in [0.1, 0.15) is 16.5 Å². The Morgan fingerprint density at radius 2 is 2.43 bits per heavy atom. The first-order chi connectivity index (χ1) is 6.68. The molecule has 1 aliphatic heterocycles. The van der Waals surface area contributed by atoms with Gasteiger partial charge in [-0.1, -0.05) is 6.07 Å². The number of carbonyl (C=O) groups excluding carboxylic acids is 1. The molecule has 1 aromatic heterocycles. The van der Waals surface area contributed by atoms with Crippen LogP contribution < -0.4 is 10.6 Å². The van der Waals surface area contributed by atoms with Gasteiger partial charge < -0.3 is 10.6 Å². The number of rotatable bonds is 2. The first-order valence-corrected chi connectivity index (χ1v) is 5.16. The Kier molecular flexibility index (Phi) is 2.41. The number of carbonyl (C=O) groups is 1. The largest absolute Gasteiger partial charge is 0.368 e. The summed E-state index contributed by atoms with van der Waals surface area (Å²) in [7, 11) is 0. The predicted octanol–water partition coefficient (Wildman–Crippen LogP) is 0.908. The fourth-order valence-electron chi connectivity index (χ4n) is 1.51. The topological polar surface area (TPSA) is 59.2 Å². The third-order valence-corrected chi connectivity index (χ3v) is 2.78. The van der Waals surface area contributed by atoms with Crippen molar-refractivity contribution in [2.75, 3.05) is 11.4 Å². The zero-order chi connectivity index (χ0) is 10.1. The molecule has 1 saturated heterocycles. The van der Waals surface area contributed by atoms with Crippen molar-refractivity contribution in [3.05, 3.63) is 22.8 Å². The van der Waals surface area contributed by atoms with Gasteiger partial charge in [0.05, 0.1) is 0 Å². The molecule has 1 aliphatic rings. The second-order valence-electron chi connectivity index (χ2n) is 3.22. The van der Waals surface area contributed by atoms with Crippen molar-refractivity contribution < 1.29 is 4.79 Å². The standard InChI is InChI=1S/C9H10BrN3O/c10-7-2-1-3-8(12-7)13-5-4-6(13)9(11)14/h1-3,6H,4-5H2,(H2,11,14). The lowest BCUT2D eigenvalue weighted by Crippen LogP contribution is -2.55. The lowest BCUT2D eigenvalue weighted by atomic mass is 10.0. The molecule has 0 radical (unpaired) electrons. The molecule has 0 saturated carbocycles. The van der Waals surface area contributed by atoms with Gasteiger partial charge >= 0.3 is 0 Å². The summed E-state index contributed by atoms with van der Waals surface area (Å²) in [6, 6.07) is 5.43. The van der Waals surface area contributed by atoms with E-state index in [0.717, 1.165) is 23.4 Å². The molecule has 1 atom stereocenters. The predicted molar refractivity (Wildman–Crippen MR) is 56.9 cm³/mol. The average molecular weight is 256 g/mol. The summed E-state index contributed by atoms with van der Waals surface area (Å²) >= 11 is 3.29. The summed E-state index contributed by atoms with van der Waals surface area (Å²) < 4.78 is 0.769. The van der Waals surface area contributed by atoms with E-state index in [-0.39, 0.29) is 11.9 Å². The Labute approximate surface area is 90.2 Å². The average Bonchev–Trinajstić information content (AvgIpc) is 2.00. The van der Waals surface area contributed by atoms with Gasteiger partial charge in [-0.05, 0) is 34.5 Å². The lowest BCUT2D eigenvalue weighted by molar-refractivity contribution is -0.120. The van der Waals surface area contributed by atoms with Crippen LogP contribution in [0.1, 0.15) is 6.42 Å². The normalized spacial score (nSPS) is 20.4. The van der Waals surface area contributed by atoms with Gasteiger partial charge in [-0.2, -0.15) is 0 Å². The van der Waals surface area contributed by atoms with Crippen LogP contribution in [0.15, 0.2) is 22.8 Å². The highest BCUT2D eigenvalue weighted by Crippen LogP contribution is 2.25. The highest BCUT2D eigenvalue weighted by Gasteiger charge is 2.33. The number of amides is 1. The Morgan fingerprint density at radius 1 is 1.64 bits per heavy atom. The van der Waals surface area contributed by atoms with Crippen molar-refractivity contribution in [1.29, 1.82) is 0 Å². The Bertz CT molecular complexity index is 369. The number of pyridine rings is 1. The van der Waals surface area contributed by atoms with Crippen LogP contribution in [0.2, 0.25) is 0 Å². The summed E-state index contributed by atoms with van der Waals surface area (Å²) in [4.78, 5) is 17.2. The lowest BCUT2D eigenvalue weighted by Gasteiger charge is -2.39. The molecule has 0 spiro atoms. The maximum Gasteiger partial charge on any atom is 0.240 e. The Balaban J connectivity index is 2.20. The summed E-state index contributed by atoms with van der Waals surface area (Å²) in [6.45, 7) is 0.844. The molecule has 1 unspecified atom stereocenters. The van der Waals surface area contributed by atoms with Crippen molar-refractivity contribution in [1.82, 2.24) is 4.98 Å². The number of hydrogen-bond acceptors (Lipinski definition) is 3. The quantitative estimate of drug-likeness (QED) is 0.800. The summed E-state index contributed by atoms with van der Waals surface area (Å²) in [5.41, 5.74) is 5.24. The molecule has 1 aromatic rings. The monoisotopic (exact) mass is 255 g/mol. The number of primary amides is 1. The van der Waals surface area contributed by atoms with E-state index in [0.29, 0.717) is 0 Å². The maximum absolute atomic E-state index is 11.0. The van der Waals surface area contributed by atoms with Gasteiger partial charge in [-0.3, -0.25) is 4.79 Å². The zero-order valence-electron chi connectivity index (χ0n) is 7.48. The number of nitrogens with zero attached hydrogens (tertiary/aromatic N) is 2. The fourth-order valence-corrected chi connectivity index (χ4v) is 1.85. The Hall–Kier alpha value is -1.10. The maximum atomic E-state index is 11.0. The first kappa shape index (κ1) is 9.45. The van der Waals surface area contributed by atoms with E-state index in [9.17, 15) is 4.79 Å². The molecule has 2 N–H and O–H groups in total. The highest BCUT2D eigenvalue weighted by atomic mass is 79.9. The second-order valence-corrected chi connectivity index (χ2v) is 4.03. The third kappa shape index (κ3) is 1.59. The van der Waals surface area contributed by atoms with Gasteiger partial charge in [-0.25, -0.2) is 4.98 Å². The van der Waals surface area contributed by atoms with E-state index >= 15 is 0 Å². The molecule has 2 heterocycles. The van der Waals surface area contributed by atoms with Crippen LogP contribution in [-0.2, 0) is 4.79 Å². The minimum atomic E-state index is -0.280. The molecule has 0 aliphatic carbocycles. The third-order valence-electron chi connectivity index (χ3n) is 2.34. The summed E-state index contributed by atoms with van der Waals surface area (Å²) in [5.74, 6) is 0.521. The molecular formula is C9H10BrN3O. The molecule has 0 aromatic carbocycles. The number of aromatic nitrogens is 1. The van der Waals surface area contributed by atoms with Crippen molar-refractivity contribution >= 4 is 27.7 Å². The van der Waals surface area contributed by atoms with Crippen molar-refractivity contribution in [3.63, 3.8) is 0 Å². The van der Waals surface area contributed by atoms with Crippen LogP contribution in [0, 0.1) is 0 Å². The van der Waals surface area contributed by atoms with Crippen molar-refractivity contribution in [2.45, 2.75) is 12.5 Å². The van der Waals surface area contributed by atoms with Gasteiger partial charge in [0.2, 0.25) is 5.91 Å². The fraction of sp³-hybridized carbons (Fsp3) is 0.333. The van der Waals surface area contributed by atoms with Gasteiger partial charge in [-0.15, -0.1) is 0 Å². The van der Waals surface area contributed by atoms with Crippen LogP contribution in [0.5, 0.6) is 0 Å². The van der Waals surface area contributed by atoms with Crippen LogP contribution in [-0.4, -0.2) is 23.5 Å². The molecule has 1 amide bonds. The second kappa shape index (κ2) is 3.57. The Morgan fingerprint density at radius 3 is 2.93 bits per heavy atom. The first-order valence-electron chi connectivity index (χ1n) is 4.37. The molecule has 2 rings (SSSR count). The highest BCUT2D eigenvalue weighted by molar-refractivity contribution is 9.10. The molecule has 14 heavy (non-hydrogen) atoms. The van der Waals surface area contributed by atoms with E-state index in [1.807, 2.05) is 23.1 Å². The van der Waals surface area contributed by atoms with Crippen molar-refractivity contribution in [3.8, 4) is 0 Å². The van der Waals surface area contributed by atoms with Crippen molar-refractivity contribution in [2.24, 2.45) is 5.73 Å². The minimum Gasteiger partial charge on any atom is -0.368 e. The van der Waals surface area contributed by atoms with E-state index in [1.165, 1.54) is 0 Å². The molecule has 74 valence electrons. The molecule has 0 bridgehead atoms. The van der Waals surface area contributed by atoms with Gasteiger partial charge in [0, 0.05) is 6.54 Å². The number of hydrogen-bond donors (Lipinski definition) is 1. The molecule has 5 heteroatoms. The SMILES string of the molecule is NC(=O)C1CCN1c1cccc(Br)n1. The number of nitrogens with two attached hydrogens (primary N) is 1. The smallest absolute Gasteiger partial charge is 0.240 e. The van der Waals surface area contributed by atoms with Gasteiger partial charge in [0.25, 0.3) is 0 Å². The zero-order valence-corrected chi connectivity index (χ0v) is 9.07. The van der Waals surface area contributed by atoms with E-state index in [4.69, 9.17) is 5.73 Å². The van der Waals surface area contributed by atoms with Crippen LogP contribution in [0.25, 0.3) is 0 Å². The number of anilines is 1. The van der Waals surface area contributed by atoms with Gasteiger partial charge in [0.15, 0.2) is 0 Å². The molecule has 4 nitrogen and oxygen atoms in total. The van der Waals surface area contributed by atoms with Crippen LogP contribution >= 0.6 is 15.9 Å². The van der Waals surface area contributed by atoms with Crippen LogP contribution in [0.3, 0.4) is 0 Å². The molecule has 1 fully saturated rings. The summed E-state index contributed by atoms with van der Waals surface area (Å²) in [5, 5.41) is 0. The molecular weight excluding hydrogens is 246 g/mol. The minimum absolute atomic E-state index is 0.184. The van der Waals surface area contributed by atoms with Crippen LogP contribution in [0.4, 0.5) is 5.82 Å². The van der Waals surface area contributed by atoms with E-state index in [2.05, 4.69) is 20.9 Å². The van der Waals surface area contributed by atoms with E-state index < -0.39 is 0 Å². The number of halogens is 1. The van der Waals surface area contributed by atoms with E-state index in [1.54, 1.807) is 0 Å².